The number of terminal acetylenes is 1. The first kappa shape index (κ1) is 38.2. The Morgan fingerprint density at radius 2 is 1.67 bits per heavy atom. The average molecular weight is 501 g/mol. The molecule has 0 heterocycles. The van der Waals surface area contributed by atoms with Gasteiger partial charge in [-0.15, -0.1) is 12.3 Å². The Bertz CT molecular complexity index is 768. The van der Waals surface area contributed by atoms with Crippen LogP contribution in [-0.4, -0.2) is 31.6 Å². The molecule has 0 aliphatic heterocycles. The number of allylic oxidation sites excluding steroid dienone is 5. The number of halogens is 1. The summed E-state index contributed by atoms with van der Waals surface area (Å²) in [5, 5.41) is 3.08. The zero-order chi connectivity index (χ0) is 28.4. The molecule has 0 aliphatic rings. The highest BCUT2D eigenvalue weighted by Crippen LogP contribution is 2.16. The summed E-state index contributed by atoms with van der Waals surface area (Å²) in [5.74, 6) is 2.10. The molecule has 0 aliphatic carbocycles. The van der Waals surface area contributed by atoms with E-state index >= 15 is 0 Å². The highest BCUT2D eigenvalue weighted by atomic mass is 19.1. The van der Waals surface area contributed by atoms with Crippen LogP contribution in [0.25, 0.3) is 0 Å². The third kappa shape index (κ3) is 22.2. The SMILES string of the molecule is C#CC.C=C(C)/C(=C\C=C(/C)CCCCN(C)CCCC)CC.CC.CCNc1cccc(F)c1C. The lowest BCUT2D eigenvalue weighted by molar-refractivity contribution is 0.320. The molecule has 0 aromatic heterocycles. The van der Waals surface area contributed by atoms with E-state index in [1.807, 2.05) is 26.8 Å². The Labute approximate surface area is 225 Å². The first-order valence-corrected chi connectivity index (χ1v) is 13.7. The van der Waals surface area contributed by atoms with Crippen LogP contribution >= 0.6 is 0 Å². The number of benzene rings is 1. The molecular weight excluding hydrogens is 443 g/mol. The van der Waals surface area contributed by atoms with Gasteiger partial charge in [-0.25, -0.2) is 4.39 Å². The monoisotopic (exact) mass is 500 g/mol. The van der Waals surface area contributed by atoms with Crippen molar-refractivity contribution in [3.05, 3.63) is 65.0 Å². The van der Waals surface area contributed by atoms with Crippen molar-refractivity contribution in [1.29, 1.82) is 0 Å². The minimum absolute atomic E-state index is 0.150. The number of rotatable bonds is 13. The fraction of sp³-hybridized carbons (Fsp3) is 0.576. The van der Waals surface area contributed by atoms with Gasteiger partial charge in [-0.3, -0.25) is 0 Å². The summed E-state index contributed by atoms with van der Waals surface area (Å²) in [6.07, 6.45) is 16.6. The van der Waals surface area contributed by atoms with Crippen LogP contribution in [0.4, 0.5) is 10.1 Å². The van der Waals surface area contributed by atoms with Gasteiger partial charge in [0.15, 0.2) is 0 Å². The molecule has 0 atom stereocenters. The van der Waals surface area contributed by atoms with Gasteiger partial charge in [-0.2, -0.15) is 0 Å². The van der Waals surface area contributed by atoms with Crippen LogP contribution in [0, 0.1) is 25.1 Å². The Hall–Kier alpha value is -2.31. The van der Waals surface area contributed by atoms with Crippen molar-refractivity contribution in [3.63, 3.8) is 0 Å². The van der Waals surface area contributed by atoms with Crippen LogP contribution in [0.15, 0.2) is 53.6 Å². The lowest BCUT2D eigenvalue weighted by Gasteiger charge is -2.15. The summed E-state index contributed by atoms with van der Waals surface area (Å²) in [5.41, 5.74) is 5.60. The van der Waals surface area contributed by atoms with Gasteiger partial charge < -0.3 is 10.2 Å². The van der Waals surface area contributed by atoms with Crippen molar-refractivity contribution in [1.82, 2.24) is 4.90 Å². The van der Waals surface area contributed by atoms with Crippen LogP contribution < -0.4 is 5.32 Å². The van der Waals surface area contributed by atoms with E-state index in [2.05, 4.69) is 76.0 Å². The van der Waals surface area contributed by atoms with Crippen molar-refractivity contribution >= 4 is 5.69 Å². The van der Waals surface area contributed by atoms with Crippen molar-refractivity contribution in [2.24, 2.45) is 0 Å². The normalized spacial score (nSPS) is 10.6. The van der Waals surface area contributed by atoms with E-state index in [-0.39, 0.29) is 5.82 Å². The largest absolute Gasteiger partial charge is 0.385 e. The molecule has 2 nitrogen and oxygen atoms in total. The molecule has 0 bridgehead atoms. The van der Waals surface area contributed by atoms with E-state index in [9.17, 15) is 4.39 Å². The summed E-state index contributed by atoms with van der Waals surface area (Å²) >= 11 is 0. The van der Waals surface area contributed by atoms with E-state index in [4.69, 9.17) is 0 Å². The van der Waals surface area contributed by atoms with E-state index in [1.165, 1.54) is 68.0 Å². The quantitative estimate of drug-likeness (QED) is 0.165. The number of anilines is 1. The first-order valence-electron chi connectivity index (χ1n) is 13.7. The van der Waals surface area contributed by atoms with Gasteiger partial charge in [0.2, 0.25) is 0 Å². The fourth-order valence-corrected chi connectivity index (χ4v) is 3.20. The van der Waals surface area contributed by atoms with Gasteiger partial charge >= 0.3 is 0 Å². The Balaban J connectivity index is -0.000000567. The molecule has 0 radical (unpaired) electrons. The fourth-order valence-electron chi connectivity index (χ4n) is 3.20. The maximum absolute atomic E-state index is 12.9. The molecular formula is C33H57FN2. The number of nitrogens with zero attached hydrogens (tertiary/aromatic N) is 1. The van der Waals surface area contributed by atoms with Crippen molar-refractivity contribution in [2.45, 2.75) is 101 Å². The van der Waals surface area contributed by atoms with Crippen LogP contribution in [0.1, 0.15) is 99.5 Å². The van der Waals surface area contributed by atoms with Crippen LogP contribution in [0.5, 0.6) is 0 Å². The summed E-state index contributed by atoms with van der Waals surface area (Å²) in [4.78, 5) is 2.46. The van der Waals surface area contributed by atoms with Gasteiger partial charge in [0.1, 0.15) is 5.82 Å². The standard InChI is InChI=1S/C19H35N.C9H12FN.C3H4.C2H6/c1-7-9-15-20(6)16-11-10-12-18(5)13-14-19(8-2)17(3)4;1-3-11-9-6-4-5-8(10)7(9)2;1-3-2;1-2/h13-14H,3,7-12,15-16H2,1-2,4-6H3;4-6,11H,3H2,1-2H3;1H,2H3;1-2H3/b18-13+,19-14-;;;. The topological polar surface area (TPSA) is 15.3 Å². The number of nitrogens with one attached hydrogen (secondary N) is 1. The van der Waals surface area contributed by atoms with Gasteiger partial charge in [-0.05, 0) is 105 Å². The van der Waals surface area contributed by atoms with Crippen molar-refractivity contribution < 1.29 is 4.39 Å². The molecule has 0 fully saturated rings. The Kier molecular flexibility index (Phi) is 29.0. The molecule has 0 amide bonds. The van der Waals surface area contributed by atoms with Gasteiger partial charge in [0, 0.05) is 17.8 Å². The van der Waals surface area contributed by atoms with Gasteiger partial charge in [-0.1, -0.05) is 70.1 Å². The minimum atomic E-state index is -0.150. The van der Waals surface area contributed by atoms with Crippen LogP contribution in [0.3, 0.4) is 0 Å². The maximum Gasteiger partial charge on any atom is 0.128 e. The number of unbranched alkanes of at least 4 members (excludes halogenated alkanes) is 2. The van der Waals surface area contributed by atoms with E-state index in [0.717, 1.165) is 18.7 Å². The lowest BCUT2D eigenvalue weighted by Crippen LogP contribution is -2.20. The van der Waals surface area contributed by atoms with Crippen molar-refractivity contribution in [2.75, 3.05) is 32.0 Å². The van der Waals surface area contributed by atoms with Crippen LogP contribution in [0.2, 0.25) is 0 Å². The van der Waals surface area contributed by atoms with Crippen LogP contribution in [-0.2, 0) is 0 Å². The summed E-state index contributed by atoms with van der Waals surface area (Å²) in [7, 11) is 2.24. The van der Waals surface area contributed by atoms with Gasteiger partial charge in [0.25, 0.3) is 0 Å². The predicted octanol–water partition coefficient (Wildman–Crippen LogP) is 9.98. The molecule has 0 saturated carbocycles. The van der Waals surface area contributed by atoms with Crippen molar-refractivity contribution in [3.8, 4) is 12.3 Å². The Morgan fingerprint density at radius 1 is 1.08 bits per heavy atom. The highest BCUT2D eigenvalue weighted by molar-refractivity contribution is 5.50. The lowest BCUT2D eigenvalue weighted by atomic mass is 10.0. The molecule has 1 aromatic carbocycles. The average Bonchev–Trinajstić information content (AvgIpc) is 2.86. The zero-order valence-corrected chi connectivity index (χ0v) is 25.4. The molecule has 206 valence electrons. The second kappa shape index (κ2) is 27.3. The molecule has 0 unspecified atom stereocenters. The van der Waals surface area contributed by atoms with E-state index in [0.29, 0.717) is 5.56 Å². The molecule has 1 aromatic rings. The molecule has 1 N–H and O–H groups in total. The predicted molar refractivity (Wildman–Crippen MR) is 164 cm³/mol. The van der Waals surface area contributed by atoms with Gasteiger partial charge in [0.05, 0.1) is 0 Å². The number of hydrogen-bond donors (Lipinski definition) is 1. The Morgan fingerprint density at radius 3 is 2.17 bits per heavy atom. The molecule has 0 saturated heterocycles. The maximum atomic E-state index is 12.9. The summed E-state index contributed by atoms with van der Waals surface area (Å²) in [6.45, 7) is 25.5. The molecule has 1 rings (SSSR count). The van der Waals surface area contributed by atoms with E-state index < -0.39 is 0 Å². The second-order valence-electron chi connectivity index (χ2n) is 8.68. The summed E-state index contributed by atoms with van der Waals surface area (Å²) in [6, 6.07) is 5.05. The third-order valence-corrected chi connectivity index (χ3v) is 5.39. The molecule has 3 heteroatoms. The third-order valence-electron chi connectivity index (χ3n) is 5.39. The minimum Gasteiger partial charge on any atom is -0.385 e. The first-order chi connectivity index (χ1) is 17.2. The molecule has 0 spiro atoms. The van der Waals surface area contributed by atoms with E-state index in [1.54, 1.807) is 19.9 Å². The number of hydrogen-bond acceptors (Lipinski definition) is 2. The second-order valence-corrected chi connectivity index (χ2v) is 8.68. The summed E-state index contributed by atoms with van der Waals surface area (Å²) < 4.78 is 12.9. The zero-order valence-electron chi connectivity index (χ0n) is 25.4. The smallest absolute Gasteiger partial charge is 0.128 e. The molecule has 36 heavy (non-hydrogen) atoms. The highest BCUT2D eigenvalue weighted by Gasteiger charge is 2.00.